The Labute approximate surface area is 244 Å². The molecule has 0 bridgehead atoms. The molecule has 0 unspecified atom stereocenters. The molecule has 0 radical (unpaired) electrons. The fourth-order valence-electron chi connectivity index (χ4n) is 4.81. The number of benzene rings is 4. The molecule has 4 aromatic carbocycles. The summed E-state index contributed by atoms with van der Waals surface area (Å²) in [4.78, 5) is 18.5. The van der Waals surface area contributed by atoms with Crippen molar-refractivity contribution >= 4 is 34.3 Å². The van der Waals surface area contributed by atoms with E-state index >= 15 is 0 Å². The van der Waals surface area contributed by atoms with Gasteiger partial charge in [0.05, 0.1) is 22.3 Å². The van der Waals surface area contributed by atoms with Crippen LogP contribution in [0.5, 0.6) is 11.5 Å². The SMILES string of the molecule is O=c1c2ccccc2nc(CSc2nnc([C@@H]3COc4ccccc4O3)n2-c2ccccc2)n1-c1ccc(Cl)cc1. The smallest absolute Gasteiger partial charge is 0.265 e. The number of fused-ring (bicyclic) bond motifs is 2. The zero-order valence-corrected chi connectivity index (χ0v) is 23.1. The molecule has 6 aromatic rings. The third-order valence-electron chi connectivity index (χ3n) is 6.73. The molecule has 0 N–H and O–H groups in total. The largest absolute Gasteiger partial charge is 0.485 e. The predicted octanol–water partition coefficient (Wildman–Crippen LogP) is 6.42. The van der Waals surface area contributed by atoms with Crippen molar-refractivity contribution < 1.29 is 9.47 Å². The maximum absolute atomic E-state index is 13.7. The van der Waals surface area contributed by atoms with Gasteiger partial charge in [-0.3, -0.25) is 13.9 Å². The summed E-state index contributed by atoms with van der Waals surface area (Å²) in [5, 5.41) is 10.9. The highest BCUT2D eigenvalue weighted by Crippen LogP contribution is 2.37. The van der Waals surface area contributed by atoms with Crippen LogP contribution in [0.4, 0.5) is 0 Å². The molecule has 0 saturated carbocycles. The Kier molecular flexibility index (Phi) is 6.66. The lowest BCUT2D eigenvalue weighted by Gasteiger charge is -2.26. The zero-order valence-electron chi connectivity index (χ0n) is 21.6. The Morgan fingerprint density at radius 1 is 0.805 bits per heavy atom. The second kappa shape index (κ2) is 10.8. The van der Waals surface area contributed by atoms with E-state index in [-0.39, 0.29) is 5.56 Å². The number of hydrogen-bond acceptors (Lipinski definition) is 7. The summed E-state index contributed by atoms with van der Waals surface area (Å²) in [5.74, 6) is 2.92. The van der Waals surface area contributed by atoms with Gasteiger partial charge >= 0.3 is 0 Å². The van der Waals surface area contributed by atoms with Crippen LogP contribution in [0.1, 0.15) is 17.8 Å². The normalized spacial score (nSPS) is 14.3. The molecule has 2 aromatic heterocycles. The number of rotatable bonds is 6. The van der Waals surface area contributed by atoms with E-state index in [4.69, 9.17) is 26.1 Å². The molecule has 7 rings (SSSR count). The summed E-state index contributed by atoms with van der Waals surface area (Å²) in [6, 6.07) is 32.0. The molecule has 10 heteroatoms. The number of para-hydroxylation sites is 4. The van der Waals surface area contributed by atoms with Crippen molar-refractivity contribution in [3.63, 3.8) is 0 Å². The molecule has 8 nitrogen and oxygen atoms in total. The summed E-state index contributed by atoms with van der Waals surface area (Å²) in [7, 11) is 0. The molecular formula is C31H22ClN5O3S. The number of ether oxygens (including phenoxy) is 2. The lowest BCUT2D eigenvalue weighted by Crippen LogP contribution is -2.25. The fraction of sp³-hybridized carbons (Fsp3) is 0.0968. The molecular weight excluding hydrogens is 558 g/mol. The lowest BCUT2D eigenvalue weighted by molar-refractivity contribution is 0.0835. The van der Waals surface area contributed by atoms with Crippen LogP contribution in [0, 0.1) is 0 Å². The molecule has 1 atom stereocenters. The maximum atomic E-state index is 13.7. The van der Waals surface area contributed by atoms with Crippen LogP contribution in [-0.4, -0.2) is 30.9 Å². The Balaban J connectivity index is 1.29. The molecule has 0 aliphatic carbocycles. The Hall–Kier alpha value is -4.60. The van der Waals surface area contributed by atoms with Gasteiger partial charge in [0.25, 0.3) is 5.56 Å². The van der Waals surface area contributed by atoms with Gasteiger partial charge in [-0.05, 0) is 60.7 Å². The van der Waals surface area contributed by atoms with Crippen molar-refractivity contribution in [3.8, 4) is 22.9 Å². The first-order chi connectivity index (χ1) is 20.2. The molecule has 0 spiro atoms. The van der Waals surface area contributed by atoms with Gasteiger partial charge in [-0.1, -0.05) is 65.8 Å². The van der Waals surface area contributed by atoms with E-state index in [1.165, 1.54) is 11.8 Å². The van der Waals surface area contributed by atoms with Crippen LogP contribution in [0.15, 0.2) is 113 Å². The highest BCUT2D eigenvalue weighted by atomic mass is 35.5. The molecule has 0 saturated heterocycles. The molecule has 3 heterocycles. The Morgan fingerprint density at radius 2 is 1.51 bits per heavy atom. The van der Waals surface area contributed by atoms with Crippen molar-refractivity contribution in [3.05, 3.63) is 130 Å². The van der Waals surface area contributed by atoms with Gasteiger partial charge in [-0.15, -0.1) is 10.2 Å². The quantitative estimate of drug-likeness (QED) is 0.210. The van der Waals surface area contributed by atoms with E-state index in [2.05, 4.69) is 10.2 Å². The first-order valence-corrected chi connectivity index (χ1v) is 14.3. The van der Waals surface area contributed by atoms with Crippen LogP contribution < -0.4 is 15.0 Å². The maximum Gasteiger partial charge on any atom is 0.265 e. The molecule has 0 fully saturated rings. The minimum atomic E-state index is -0.460. The first-order valence-electron chi connectivity index (χ1n) is 12.9. The van der Waals surface area contributed by atoms with Gasteiger partial charge in [0.1, 0.15) is 12.4 Å². The first kappa shape index (κ1) is 25.4. The second-order valence-electron chi connectivity index (χ2n) is 9.33. The van der Waals surface area contributed by atoms with Crippen molar-refractivity contribution in [2.24, 2.45) is 0 Å². The van der Waals surface area contributed by atoms with E-state index in [0.29, 0.717) is 62.3 Å². The zero-order chi connectivity index (χ0) is 27.8. The molecule has 1 aliphatic rings. The van der Waals surface area contributed by atoms with E-state index in [0.717, 1.165) is 5.69 Å². The topological polar surface area (TPSA) is 84.1 Å². The van der Waals surface area contributed by atoms with Crippen molar-refractivity contribution in [2.45, 2.75) is 17.0 Å². The number of thioether (sulfide) groups is 1. The van der Waals surface area contributed by atoms with Gasteiger partial charge in [0.2, 0.25) is 0 Å². The van der Waals surface area contributed by atoms with Gasteiger partial charge in [-0.25, -0.2) is 4.98 Å². The predicted molar refractivity (Wildman–Crippen MR) is 159 cm³/mol. The van der Waals surface area contributed by atoms with E-state index in [9.17, 15) is 4.79 Å². The number of hydrogen-bond donors (Lipinski definition) is 0. The van der Waals surface area contributed by atoms with Gasteiger partial charge < -0.3 is 9.47 Å². The molecule has 41 heavy (non-hydrogen) atoms. The van der Waals surface area contributed by atoms with Crippen molar-refractivity contribution in [2.75, 3.05) is 6.61 Å². The standard InChI is InChI=1S/C31H22ClN5O3S/c32-20-14-16-22(17-15-20)36-28(33-24-11-5-4-10-23(24)30(36)38)19-41-31-35-34-29(37(31)21-8-2-1-3-9-21)27-18-39-25-12-6-7-13-26(25)40-27/h1-17,27H,18-19H2/t27-/m0/s1. The molecule has 1 aliphatic heterocycles. The third kappa shape index (κ3) is 4.83. The van der Waals surface area contributed by atoms with Crippen LogP contribution in [0.25, 0.3) is 22.3 Å². The van der Waals surface area contributed by atoms with E-state index in [1.54, 1.807) is 22.8 Å². The number of nitrogens with zero attached hydrogens (tertiary/aromatic N) is 5. The van der Waals surface area contributed by atoms with Crippen molar-refractivity contribution in [1.29, 1.82) is 0 Å². The second-order valence-corrected chi connectivity index (χ2v) is 10.7. The van der Waals surface area contributed by atoms with Crippen LogP contribution in [-0.2, 0) is 5.75 Å². The summed E-state index contributed by atoms with van der Waals surface area (Å²) < 4.78 is 15.9. The van der Waals surface area contributed by atoms with Crippen LogP contribution in [0.2, 0.25) is 5.02 Å². The van der Waals surface area contributed by atoms with Crippen LogP contribution in [0.3, 0.4) is 0 Å². The van der Waals surface area contributed by atoms with E-state index in [1.807, 2.05) is 89.5 Å². The fourth-order valence-corrected chi connectivity index (χ4v) is 5.82. The highest BCUT2D eigenvalue weighted by Gasteiger charge is 2.29. The summed E-state index contributed by atoms with van der Waals surface area (Å²) in [5.41, 5.74) is 2.06. The average molecular weight is 580 g/mol. The number of halogens is 1. The third-order valence-corrected chi connectivity index (χ3v) is 7.91. The highest BCUT2D eigenvalue weighted by molar-refractivity contribution is 7.98. The Bertz CT molecular complexity index is 1930. The monoisotopic (exact) mass is 579 g/mol. The molecule has 202 valence electrons. The van der Waals surface area contributed by atoms with Crippen molar-refractivity contribution in [1.82, 2.24) is 24.3 Å². The summed E-state index contributed by atoms with van der Waals surface area (Å²) in [6.45, 7) is 0.301. The minimum Gasteiger partial charge on any atom is -0.485 e. The van der Waals surface area contributed by atoms with E-state index < -0.39 is 6.10 Å². The number of aromatic nitrogens is 5. The van der Waals surface area contributed by atoms with Gasteiger partial charge in [0.15, 0.2) is 28.6 Å². The molecule has 0 amide bonds. The summed E-state index contributed by atoms with van der Waals surface area (Å²) >= 11 is 7.58. The van der Waals surface area contributed by atoms with Crippen LogP contribution >= 0.6 is 23.4 Å². The van der Waals surface area contributed by atoms with Gasteiger partial charge in [0, 0.05) is 10.7 Å². The average Bonchev–Trinajstić information content (AvgIpc) is 3.45. The minimum absolute atomic E-state index is 0.148. The Morgan fingerprint density at radius 3 is 2.34 bits per heavy atom. The summed E-state index contributed by atoms with van der Waals surface area (Å²) in [6.07, 6.45) is -0.460. The van der Waals surface area contributed by atoms with Gasteiger partial charge in [-0.2, -0.15) is 0 Å². The lowest BCUT2D eigenvalue weighted by atomic mass is 10.2.